The summed E-state index contributed by atoms with van der Waals surface area (Å²) in [4.78, 5) is 11.9. The van der Waals surface area contributed by atoms with E-state index in [2.05, 4.69) is 13.8 Å². The standard InChI is InChI=1S/C17H30O/c1-3-5-7-9-11-15-13-16(17(18)14-15)12-10-8-6-4-2/h14,16H,3-13H2,1-2H3. The Morgan fingerprint density at radius 2 is 1.67 bits per heavy atom. The summed E-state index contributed by atoms with van der Waals surface area (Å²) in [6.07, 6.45) is 15.7. The van der Waals surface area contributed by atoms with Crippen molar-refractivity contribution in [1.29, 1.82) is 0 Å². The molecule has 0 saturated heterocycles. The molecule has 0 N–H and O–H groups in total. The smallest absolute Gasteiger partial charge is 0.159 e. The number of unbranched alkanes of at least 4 members (excludes halogenated alkanes) is 6. The molecule has 1 aliphatic rings. The van der Waals surface area contributed by atoms with Gasteiger partial charge in [-0.3, -0.25) is 4.79 Å². The Balaban J connectivity index is 2.14. The van der Waals surface area contributed by atoms with E-state index in [0.717, 1.165) is 19.3 Å². The molecule has 18 heavy (non-hydrogen) atoms. The second-order valence-corrected chi connectivity index (χ2v) is 5.77. The summed E-state index contributed by atoms with van der Waals surface area (Å²) < 4.78 is 0. The maximum absolute atomic E-state index is 11.9. The summed E-state index contributed by atoms with van der Waals surface area (Å²) >= 11 is 0. The van der Waals surface area contributed by atoms with Gasteiger partial charge in [-0.15, -0.1) is 0 Å². The van der Waals surface area contributed by atoms with Crippen LogP contribution in [0.15, 0.2) is 11.6 Å². The van der Waals surface area contributed by atoms with Crippen molar-refractivity contribution in [3.63, 3.8) is 0 Å². The average molecular weight is 250 g/mol. The van der Waals surface area contributed by atoms with Gasteiger partial charge in [0.05, 0.1) is 0 Å². The van der Waals surface area contributed by atoms with Crippen molar-refractivity contribution in [1.82, 2.24) is 0 Å². The van der Waals surface area contributed by atoms with Crippen LogP contribution >= 0.6 is 0 Å². The lowest BCUT2D eigenvalue weighted by Crippen LogP contribution is -2.06. The Bertz CT molecular complexity index is 265. The van der Waals surface area contributed by atoms with Gasteiger partial charge in [-0.25, -0.2) is 0 Å². The maximum Gasteiger partial charge on any atom is 0.159 e. The van der Waals surface area contributed by atoms with Crippen LogP contribution < -0.4 is 0 Å². The maximum atomic E-state index is 11.9. The van der Waals surface area contributed by atoms with Gasteiger partial charge in [0.15, 0.2) is 5.78 Å². The molecule has 0 amide bonds. The molecule has 0 radical (unpaired) electrons. The summed E-state index contributed by atoms with van der Waals surface area (Å²) in [6.45, 7) is 4.47. The zero-order valence-electron chi connectivity index (χ0n) is 12.3. The minimum atomic E-state index is 0.336. The topological polar surface area (TPSA) is 17.1 Å². The highest BCUT2D eigenvalue weighted by atomic mass is 16.1. The quantitative estimate of drug-likeness (QED) is 0.472. The van der Waals surface area contributed by atoms with E-state index in [1.54, 1.807) is 0 Å². The van der Waals surface area contributed by atoms with Gasteiger partial charge in [-0.1, -0.05) is 64.4 Å². The molecule has 1 unspecified atom stereocenters. The first kappa shape index (κ1) is 15.5. The number of ketones is 1. The normalized spacial score (nSPS) is 19.3. The molecule has 0 aliphatic heterocycles. The first-order valence-electron chi connectivity index (χ1n) is 8.01. The molecule has 0 saturated carbocycles. The molecule has 0 heterocycles. The fourth-order valence-corrected chi connectivity index (χ4v) is 2.81. The molecule has 104 valence electrons. The first-order chi connectivity index (χ1) is 8.77. The predicted molar refractivity (Wildman–Crippen MR) is 78.7 cm³/mol. The van der Waals surface area contributed by atoms with Crippen LogP contribution in [0.2, 0.25) is 0 Å². The number of allylic oxidation sites excluding steroid dienone is 2. The van der Waals surface area contributed by atoms with Gasteiger partial charge in [0.25, 0.3) is 0 Å². The Morgan fingerprint density at radius 1 is 1.00 bits per heavy atom. The van der Waals surface area contributed by atoms with E-state index in [0.29, 0.717) is 11.7 Å². The van der Waals surface area contributed by atoms with E-state index in [1.165, 1.54) is 56.9 Å². The number of hydrogen-bond donors (Lipinski definition) is 0. The van der Waals surface area contributed by atoms with Crippen LogP contribution in [0.4, 0.5) is 0 Å². The molecule has 0 bridgehead atoms. The van der Waals surface area contributed by atoms with Crippen molar-refractivity contribution in [2.75, 3.05) is 0 Å². The fraction of sp³-hybridized carbons (Fsp3) is 0.824. The van der Waals surface area contributed by atoms with Gasteiger partial charge in [-0.2, -0.15) is 0 Å². The number of hydrogen-bond acceptors (Lipinski definition) is 1. The second kappa shape index (κ2) is 9.35. The second-order valence-electron chi connectivity index (χ2n) is 5.77. The molecule has 0 aromatic heterocycles. The lowest BCUT2D eigenvalue weighted by molar-refractivity contribution is -0.117. The van der Waals surface area contributed by atoms with E-state index in [9.17, 15) is 4.79 Å². The van der Waals surface area contributed by atoms with Crippen molar-refractivity contribution >= 4 is 5.78 Å². The lowest BCUT2D eigenvalue weighted by Gasteiger charge is -2.08. The fourth-order valence-electron chi connectivity index (χ4n) is 2.81. The highest BCUT2D eigenvalue weighted by Gasteiger charge is 2.24. The van der Waals surface area contributed by atoms with Gasteiger partial charge in [-0.05, 0) is 31.8 Å². The molecule has 1 heteroatoms. The molecule has 1 rings (SSSR count). The van der Waals surface area contributed by atoms with Gasteiger partial charge in [0.2, 0.25) is 0 Å². The Kier molecular flexibility index (Phi) is 8.04. The molecule has 0 aromatic carbocycles. The van der Waals surface area contributed by atoms with Crippen LogP contribution in [0, 0.1) is 5.92 Å². The van der Waals surface area contributed by atoms with Gasteiger partial charge in [0.1, 0.15) is 0 Å². The number of rotatable bonds is 10. The average Bonchev–Trinajstić information content (AvgIpc) is 2.71. The SMILES string of the molecule is CCCCCCC1=CC(=O)C(CCCCCC)C1. The molecule has 1 atom stereocenters. The van der Waals surface area contributed by atoms with Gasteiger partial charge < -0.3 is 0 Å². The lowest BCUT2D eigenvalue weighted by atomic mass is 9.95. The third-order valence-electron chi connectivity index (χ3n) is 4.01. The Morgan fingerprint density at radius 3 is 2.33 bits per heavy atom. The predicted octanol–water partition coefficient (Wildman–Crippen LogP) is 5.44. The largest absolute Gasteiger partial charge is 0.295 e. The van der Waals surface area contributed by atoms with E-state index in [1.807, 2.05) is 6.08 Å². The molecular weight excluding hydrogens is 220 g/mol. The summed E-state index contributed by atoms with van der Waals surface area (Å²) in [5.74, 6) is 0.750. The molecule has 1 aliphatic carbocycles. The molecule has 0 aromatic rings. The molecule has 0 fully saturated rings. The monoisotopic (exact) mass is 250 g/mol. The third-order valence-corrected chi connectivity index (χ3v) is 4.01. The van der Waals surface area contributed by atoms with Gasteiger partial charge >= 0.3 is 0 Å². The molecule has 0 spiro atoms. The summed E-state index contributed by atoms with van der Waals surface area (Å²) in [5, 5.41) is 0. The van der Waals surface area contributed by atoms with Crippen molar-refractivity contribution in [3.05, 3.63) is 11.6 Å². The summed E-state index contributed by atoms with van der Waals surface area (Å²) in [6, 6.07) is 0. The Hall–Kier alpha value is -0.590. The van der Waals surface area contributed by atoms with Crippen LogP contribution in [0.1, 0.15) is 84.5 Å². The van der Waals surface area contributed by atoms with E-state index in [-0.39, 0.29) is 0 Å². The minimum absolute atomic E-state index is 0.336. The van der Waals surface area contributed by atoms with Crippen molar-refractivity contribution < 1.29 is 4.79 Å². The van der Waals surface area contributed by atoms with Gasteiger partial charge in [0, 0.05) is 5.92 Å². The summed E-state index contributed by atoms with van der Waals surface area (Å²) in [7, 11) is 0. The van der Waals surface area contributed by atoms with Crippen molar-refractivity contribution in [2.45, 2.75) is 84.5 Å². The van der Waals surface area contributed by atoms with Crippen LogP contribution in [0.3, 0.4) is 0 Å². The van der Waals surface area contributed by atoms with Crippen LogP contribution in [-0.4, -0.2) is 5.78 Å². The zero-order chi connectivity index (χ0) is 13.2. The molecular formula is C17H30O. The first-order valence-corrected chi connectivity index (χ1v) is 8.01. The number of carbonyl (C=O) groups excluding carboxylic acids is 1. The zero-order valence-corrected chi connectivity index (χ0v) is 12.3. The van der Waals surface area contributed by atoms with Crippen LogP contribution in [-0.2, 0) is 4.79 Å². The highest BCUT2D eigenvalue weighted by Crippen LogP contribution is 2.29. The van der Waals surface area contributed by atoms with Crippen LogP contribution in [0.5, 0.6) is 0 Å². The van der Waals surface area contributed by atoms with E-state index >= 15 is 0 Å². The van der Waals surface area contributed by atoms with Crippen molar-refractivity contribution in [2.24, 2.45) is 5.92 Å². The van der Waals surface area contributed by atoms with E-state index in [4.69, 9.17) is 0 Å². The Labute approximate surface area is 113 Å². The molecule has 1 nitrogen and oxygen atoms in total. The third kappa shape index (κ3) is 5.84. The number of carbonyl (C=O) groups is 1. The summed E-state index contributed by atoms with van der Waals surface area (Å²) in [5.41, 5.74) is 1.43. The van der Waals surface area contributed by atoms with Crippen molar-refractivity contribution in [3.8, 4) is 0 Å². The minimum Gasteiger partial charge on any atom is -0.295 e. The highest BCUT2D eigenvalue weighted by molar-refractivity contribution is 5.95. The van der Waals surface area contributed by atoms with Crippen LogP contribution in [0.25, 0.3) is 0 Å². The van der Waals surface area contributed by atoms with E-state index < -0.39 is 0 Å².